The molecule has 4 heteroatoms. The van der Waals surface area contributed by atoms with Crippen molar-refractivity contribution >= 4 is 5.69 Å². The second-order valence-corrected chi connectivity index (χ2v) is 4.33. The minimum Gasteiger partial charge on any atom is -0.385 e. The first-order valence-electron chi connectivity index (χ1n) is 6.06. The fraction of sp³-hybridized carbons (Fsp3) is 0.538. The largest absolute Gasteiger partial charge is 0.385 e. The number of hydrogen-bond donors (Lipinski definition) is 1. The molecule has 0 radical (unpaired) electrons. The number of hydrogen-bond acceptors (Lipinski definition) is 2. The molecule has 1 N–H and O–H groups in total. The number of anilines is 1. The zero-order valence-electron chi connectivity index (χ0n) is 9.72. The zero-order valence-corrected chi connectivity index (χ0v) is 9.72. The monoisotopic (exact) mass is 241 g/mol. The van der Waals surface area contributed by atoms with E-state index in [2.05, 4.69) is 5.32 Å². The van der Waals surface area contributed by atoms with Crippen LogP contribution in [-0.2, 0) is 4.74 Å². The number of halogens is 2. The van der Waals surface area contributed by atoms with E-state index >= 15 is 0 Å². The van der Waals surface area contributed by atoms with Gasteiger partial charge in [-0.1, -0.05) is 0 Å². The van der Waals surface area contributed by atoms with Gasteiger partial charge in [0.15, 0.2) is 11.6 Å². The summed E-state index contributed by atoms with van der Waals surface area (Å²) in [6.07, 6.45) is 4.69. The fourth-order valence-corrected chi connectivity index (χ4v) is 2.04. The van der Waals surface area contributed by atoms with Crippen LogP contribution < -0.4 is 5.32 Å². The average molecular weight is 241 g/mol. The van der Waals surface area contributed by atoms with E-state index in [1.54, 1.807) is 6.07 Å². The molecule has 1 aliphatic heterocycles. The molecule has 1 heterocycles. The van der Waals surface area contributed by atoms with Crippen molar-refractivity contribution in [3.63, 3.8) is 0 Å². The van der Waals surface area contributed by atoms with Crippen molar-refractivity contribution in [2.75, 3.05) is 18.5 Å². The van der Waals surface area contributed by atoms with Crippen LogP contribution >= 0.6 is 0 Å². The van der Waals surface area contributed by atoms with Crippen LogP contribution in [0.25, 0.3) is 0 Å². The predicted molar refractivity (Wildman–Crippen MR) is 63.1 cm³/mol. The van der Waals surface area contributed by atoms with E-state index in [0.717, 1.165) is 44.9 Å². The van der Waals surface area contributed by atoms with Crippen molar-refractivity contribution in [3.8, 4) is 0 Å². The Morgan fingerprint density at radius 1 is 1.29 bits per heavy atom. The van der Waals surface area contributed by atoms with Gasteiger partial charge in [-0.05, 0) is 43.9 Å². The summed E-state index contributed by atoms with van der Waals surface area (Å²) in [7, 11) is 0. The molecule has 0 spiro atoms. The molecule has 2 rings (SSSR count). The number of ether oxygens (including phenoxy) is 1. The van der Waals surface area contributed by atoms with Crippen LogP contribution in [0.3, 0.4) is 0 Å². The lowest BCUT2D eigenvalue weighted by molar-refractivity contribution is 0.103. The number of rotatable bonds is 5. The fourth-order valence-electron chi connectivity index (χ4n) is 2.04. The summed E-state index contributed by atoms with van der Waals surface area (Å²) >= 11 is 0. The Bertz CT molecular complexity index is 364. The van der Waals surface area contributed by atoms with Crippen molar-refractivity contribution in [1.29, 1.82) is 0 Å². The van der Waals surface area contributed by atoms with Gasteiger partial charge in [0.25, 0.3) is 0 Å². The highest BCUT2D eigenvalue weighted by Crippen LogP contribution is 2.17. The molecule has 1 aromatic carbocycles. The highest BCUT2D eigenvalue weighted by atomic mass is 19.2. The Kier molecular flexibility index (Phi) is 4.31. The predicted octanol–water partition coefficient (Wildman–Crippen LogP) is 3.34. The van der Waals surface area contributed by atoms with Gasteiger partial charge in [0.1, 0.15) is 0 Å². The van der Waals surface area contributed by atoms with E-state index < -0.39 is 11.6 Å². The van der Waals surface area contributed by atoms with E-state index in [9.17, 15) is 8.78 Å². The van der Waals surface area contributed by atoms with Gasteiger partial charge in [0, 0.05) is 18.8 Å². The van der Waals surface area contributed by atoms with E-state index in [1.165, 1.54) is 6.07 Å². The van der Waals surface area contributed by atoms with E-state index in [0.29, 0.717) is 11.8 Å². The van der Waals surface area contributed by atoms with Crippen LogP contribution in [0.5, 0.6) is 0 Å². The minimum atomic E-state index is -0.811. The van der Waals surface area contributed by atoms with Crippen molar-refractivity contribution < 1.29 is 13.5 Å². The number of benzene rings is 1. The van der Waals surface area contributed by atoms with Crippen LogP contribution in [0.1, 0.15) is 25.7 Å². The molecule has 1 atom stereocenters. The second kappa shape index (κ2) is 5.96. The molecule has 0 saturated carbocycles. The maximum atomic E-state index is 12.9. The van der Waals surface area contributed by atoms with Gasteiger partial charge in [0.05, 0.1) is 6.10 Å². The smallest absolute Gasteiger partial charge is 0.160 e. The quantitative estimate of drug-likeness (QED) is 0.798. The number of nitrogens with one attached hydrogen (secondary N) is 1. The van der Waals surface area contributed by atoms with Gasteiger partial charge >= 0.3 is 0 Å². The van der Waals surface area contributed by atoms with Gasteiger partial charge < -0.3 is 10.1 Å². The van der Waals surface area contributed by atoms with Crippen molar-refractivity contribution in [2.24, 2.45) is 0 Å². The summed E-state index contributed by atoms with van der Waals surface area (Å²) in [5, 5.41) is 3.07. The molecule has 1 saturated heterocycles. The van der Waals surface area contributed by atoms with Gasteiger partial charge in [-0.2, -0.15) is 0 Å². The van der Waals surface area contributed by atoms with Crippen LogP contribution in [-0.4, -0.2) is 19.3 Å². The molecule has 2 nitrogen and oxygen atoms in total. The van der Waals surface area contributed by atoms with Crippen LogP contribution in [0.2, 0.25) is 0 Å². The van der Waals surface area contributed by atoms with Gasteiger partial charge in [-0.25, -0.2) is 8.78 Å². The molecule has 17 heavy (non-hydrogen) atoms. The third kappa shape index (κ3) is 3.66. The zero-order chi connectivity index (χ0) is 12.1. The average Bonchev–Trinajstić information content (AvgIpc) is 2.82. The summed E-state index contributed by atoms with van der Waals surface area (Å²) in [6.45, 7) is 1.63. The first-order chi connectivity index (χ1) is 8.25. The molecule has 94 valence electrons. The standard InChI is InChI=1S/C13H17F2NO/c14-12-6-5-10(9-13(12)15)16-7-1-3-11-4-2-8-17-11/h5-6,9,11,16H,1-4,7-8H2. The molecule has 0 bridgehead atoms. The Morgan fingerprint density at radius 2 is 2.18 bits per heavy atom. The Hall–Kier alpha value is -1.16. The summed E-state index contributed by atoms with van der Waals surface area (Å²) in [5.41, 5.74) is 0.622. The SMILES string of the molecule is Fc1ccc(NCCCC2CCCO2)cc1F. The van der Waals surface area contributed by atoms with E-state index in [1.807, 2.05) is 0 Å². The normalized spacial score (nSPS) is 19.5. The Morgan fingerprint density at radius 3 is 2.88 bits per heavy atom. The van der Waals surface area contributed by atoms with Crippen molar-refractivity contribution in [1.82, 2.24) is 0 Å². The van der Waals surface area contributed by atoms with Crippen LogP contribution in [0.15, 0.2) is 18.2 Å². The van der Waals surface area contributed by atoms with E-state index in [4.69, 9.17) is 4.74 Å². The Labute approximate surface area is 100.0 Å². The molecule has 1 unspecified atom stereocenters. The third-order valence-electron chi connectivity index (χ3n) is 2.98. The van der Waals surface area contributed by atoms with Crippen molar-refractivity contribution in [2.45, 2.75) is 31.8 Å². The minimum absolute atomic E-state index is 0.391. The lowest BCUT2D eigenvalue weighted by Crippen LogP contribution is -2.09. The molecule has 1 aliphatic rings. The van der Waals surface area contributed by atoms with E-state index in [-0.39, 0.29) is 0 Å². The van der Waals surface area contributed by atoms with Crippen LogP contribution in [0, 0.1) is 11.6 Å². The third-order valence-corrected chi connectivity index (χ3v) is 2.98. The van der Waals surface area contributed by atoms with Crippen molar-refractivity contribution in [3.05, 3.63) is 29.8 Å². The van der Waals surface area contributed by atoms with Gasteiger partial charge in [0.2, 0.25) is 0 Å². The van der Waals surface area contributed by atoms with Gasteiger partial charge in [-0.3, -0.25) is 0 Å². The second-order valence-electron chi connectivity index (χ2n) is 4.33. The van der Waals surface area contributed by atoms with Gasteiger partial charge in [-0.15, -0.1) is 0 Å². The molecule has 0 amide bonds. The maximum Gasteiger partial charge on any atom is 0.160 e. The highest BCUT2D eigenvalue weighted by Gasteiger charge is 2.14. The first kappa shape index (κ1) is 12.3. The molecule has 1 aromatic rings. The molecular formula is C13H17F2NO. The maximum absolute atomic E-state index is 12.9. The summed E-state index contributed by atoms with van der Waals surface area (Å²) in [5.74, 6) is -1.62. The topological polar surface area (TPSA) is 21.3 Å². The summed E-state index contributed by atoms with van der Waals surface area (Å²) in [4.78, 5) is 0. The summed E-state index contributed by atoms with van der Waals surface area (Å²) in [6, 6.07) is 3.86. The summed E-state index contributed by atoms with van der Waals surface area (Å²) < 4.78 is 31.1. The highest BCUT2D eigenvalue weighted by molar-refractivity contribution is 5.43. The molecule has 0 aromatic heterocycles. The lowest BCUT2D eigenvalue weighted by Gasteiger charge is -2.10. The Balaban J connectivity index is 1.68. The van der Waals surface area contributed by atoms with Crippen LogP contribution in [0.4, 0.5) is 14.5 Å². The molecule has 1 fully saturated rings. The first-order valence-corrected chi connectivity index (χ1v) is 6.06. The molecular weight excluding hydrogens is 224 g/mol. The molecule has 0 aliphatic carbocycles. The lowest BCUT2D eigenvalue weighted by atomic mass is 10.1.